The zero-order chi connectivity index (χ0) is 14.7. The Kier molecular flexibility index (Phi) is 4.17. The van der Waals surface area contributed by atoms with Crippen LogP contribution in [-0.2, 0) is 0 Å². The van der Waals surface area contributed by atoms with E-state index in [9.17, 15) is 9.59 Å². The first kappa shape index (κ1) is 14.0. The number of hydrogen-bond donors (Lipinski definition) is 1. The van der Waals surface area contributed by atoms with E-state index in [0.717, 1.165) is 58.3 Å². The van der Waals surface area contributed by atoms with Crippen LogP contribution in [0.3, 0.4) is 0 Å². The van der Waals surface area contributed by atoms with Crippen molar-refractivity contribution in [1.82, 2.24) is 20.1 Å². The van der Waals surface area contributed by atoms with Crippen LogP contribution in [0.4, 0.5) is 0 Å². The summed E-state index contributed by atoms with van der Waals surface area (Å²) in [5.74, 6) is -0.267. The molecule has 2 aliphatic heterocycles. The normalized spacial score (nSPS) is 19.6. The molecule has 7 nitrogen and oxygen atoms in total. The smallest absolute Gasteiger partial charge is 0.318 e. The molecule has 2 saturated heterocycles. The number of piperidine rings is 2. The molecular weight excluding hydrogens is 270 g/mol. The summed E-state index contributed by atoms with van der Waals surface area (Å²) < 4.78 is 0. The van der Waals surface area contributed by atoms with E-state index in [-0.39, 0.29) is 17.5 Å². The molecule has 2 aliphatic rings. The maximum absolute atomic E-state index is 12.5. The number of nitrogens with one attached hydrogen (secondary N) is 2. The fourth-order valence-corrected chi connectivity index (χ4v) is 3.07. The lowest BCUT2D eigenvalue weighted by atomic mass is 10.1. The van der Waals surface area contributed by atoms with Gasteiger partial charge in [-0.1, -0.05) is 5.21 Å². The summed E-state index contributed by atoms with van der Waals surface area (Å²) in [6, 6.07) is 0. The zero-order valence-electron chi connectivity index (χ0n) is 12.2. The van der Waals surface area contributed by atoms with Crippen LogP contribution in [-0.4, -0.2) is 58.1 Å². The Labute approximate surface area is 123 Å². The molecule has 0 spiro atoms. The minimum atomic E-state index is -0.146. The minimum Gasteiger partial charge on any atom is -0.335 e. The molecule has 114 valence electrons. The third kappa shape index (κ3) is 2.91. The fraction of sp³-hybridized carbons (Fsp3) is 0.714. The van der Waals surface area contributed by atoms with E-state index in [4.69, 9.17) is 0 Å². The number of H-pyrrole nitrogens is 2. The van der Waals surface area contributed by atoms with Gasteiger partial charge in [-0.3, -0.25) is 9.59 Å². The lowest BCUT2D eigenvalue weighted by Gasteiger charge is -2.26. The molecule has 2 fully saturated rings. The predicted molar refractivity (Wildman–Crippen MR) is 74.7 cm³/mol. The molecular formula is C14H22N5O2+. The summed E-state index contributed by atoms with van der Waals surface area (Å²) in [5, 5.41) is 9.30. The molecule has 0 bridgehead atoms. The molecule has 2 amide bonds. The van der Waals surface area contributed by atoms with Gasteiger partial charge in [-0.05, 0) is 38.5 Å². The molecule has 0 atom stereocenters. The quantitative estimate of drug-likeness (QED) is 0.860. The molecule has 21 heavy (non-hydrogen) atoms. The second-order valence-electron chi connectivity index (χ2n) is 5.78. The van der Waals surface area contributed by atoms with Crippen molar-refractivity contribution in [3.8, 4) is 0 Å². The van der Waals surface area contributed by atoms with Crippen LogP contribution in [0, 0.1) is 0 Å². The molecule has 0 unspecified atom stereocenters. The molecule has 0 radical (unpaired) electrons. The van der Waals surface area contributed by atoms with Crippen LogP contribution in [0.25, 0.3) is 0 Å². The Bertz CT molecular complexity index is 471. The van der Waals surface area contributed by atoms with Gasteiger partial charge in [0.1, 0.15) is 0 Å². The van der Waals surface area contributed by atoms with E-state index in [1.807, 2.05) is 0 Å². The summed E-state index contributed by atoms with van der Waals surface area (Å²) in [5.41, 5.74) is 0.528. The second-order valence-corrected chi connectivity index (χ2v) is 5.78. The third-order valence-corrected chi connectivity index (χ3v) is 4.29. The van der Waals surface area contributed by atoms with Gasteiger partial charge in [0.2, 0.25) is 0 Å². The van der Waals surface area contributed by atoms with Gasteiger partial charge in [0.15, 0.2) is 0 Å². The van der Waals surface area contributed by atoms with Crippen molar-refractivity contribution >= 4 is 11.8 Å². The van der Waals surface area contributed by atoms with Crippen molar-refractivity contribution < 1.29 is 14.7 Å². The van der Waals surface area contributed by atoms with Crippen LogP contribution in [0.2, 0.25) is 0 Å². The van der Waals surface area contributed by atoms with Crippen molar-refractivity contribution in [3.05, 3.63) is 11.4 Å². The van der Waals surface area contributed by atoms with Crippen LogP contribution < -0.4 is 5.10 Å². The summed E-state index contributed by atoms with van der Waals surface area (Å²) in [4.78, 5) is 28.6. The molecule has 1 aromatic rings. The van der Waals surface area contributed by atoms with E-state index >= 15 is 0 Å². The van der Waals surface area contributed by atoms with E-state index < -0.39 is 0 Å². The summed E-state index contributed by atoms with van der Waals surface area (Å²) in [6.07, 6.45) is 6.43. The Morgan fingerprint density at radius 3 is 1.95 bits per heavy atom. The molecule has 3 rings (SSSR count). The van der Waals surface area contributed by atoms with Gasteiger partial charge < -0.3 is 9.80 Å². The lowest BCUT2D eigenvalue weighted by molar-refractivity contribution is -0.458. The monoisotopic (exact) mass is 292 g/mol. The van der Waals surface area contributed by atoms with Crippen molar-refractivity contribution in [3.63, 3.8) is 0 Å². The van der Waals surface area contributed by atoms with Gasteiger partial charge in [0.05, 0.1) is 5.10 Å². The number of rotatable bonds is 2. The summed E-state index contributed by atoms with van der Waals surface area (Å²) >= 11 is 0. The molecule has 0 aromatic carbocycles. The SMILES string of the molecule is O=C(c1n[nH][nH+]c1C(=O)N1CCCCC1)N1CCCCC1. The average Bonchev–Trinajstić information content (AvgIpc) is 3.04. The summed E-state index contributed by atoms with van der Waals surface area (Å²) in [6.45, 7) is 3.02. The molecule has 0 aliphatic carbocycles. The first-order valence-corrected chi connectivity index (χ1v) is 7.82. The third-order valence-electron chi connectivity index (χ3n) is 4.29. The van der Waals surface area contributed by atoms with Crippen molar-refractivity contribution in [1.29, 1.82) is 0 Å². The number of aromatic amines is 2. The fourth-order valence-electron chi connectivity index (χ4n) is 3.07. The maximum atomic E-state index is 12.5. The standard InChI is InChI=1S/C14H21N5O2/c20-13(18-7-3-1-4-8-18)11-12(16-17-15-11)14(21)19-9-5-2-6-10-19/h1-10H2,(H,15,16,17)/p+1. The van der Waals surface area contributed by atoms with Gasteiger partial charge >= 0.3 is 17.5 Å². The first-order chi connectivity index (χ1) is 10.3. The lowest BCUT2D eigenvalue weighted by Crippen LogP contribution is -2.41. The largest absolute Gasteiger partial charge is 0.335 e. The van der Waals surface area contributed by atoms with Crippen LogP contribution in [0.5, 0.6) is 0 Å². The van der Waals surface area contributed by atoms with Crippen LogP contribution in [0.1, 0.15) is 59.5 Å². The Hall–Kier alpha value is -1.92. The second kappa shape index (κ2) is 6.24. The van der Waals surface area contributed by atoms with Gasteiger partial charge in [-0.25, -0.2) is 0 Å². The average molecular weight is 292 g/mol. The van der Waals surface area contributed by atoms with Gasteiger partial charge in [-0.2, -0.15) is 5.10 Å². The zero-order valence-corrected chi connectivity index (χ0v) is 12.2. The molecule has 3 heterocycles. The predicted octanol–water partition coefficient (Wildman–Crippen LogP) is 0.476. The number of amides is 2. The van der Waals surface area contributed by atoms with Crippen molar-refractivity contribution in [2.45, 2.75) is 38.5 Å². The Morgan fingerprint density at radius 1 is 0.857 bits per heavy atom. The topological polar surface area (TPSA) is 83.4 Å². The van der Waals surface area contributed by atoms with E-state index in [1.165, 1.54) is 6.42 Å². The first-order valence-electron chi connectivity index (χ1n) is 7.82. The van der Waals surface area contributed by atoms with Crippen LogP contribution in [0.15, 0.2) is 0 Å². The highest BCUT2D eigenvalue weighted by Crippen LogP contribution is 2.15. The Balaban J connectivity index is 1.76. The number of likely N-dealkylation sites (tertiary alicyclic amines) is 2. The highest BCUT2D eigenvalue weighted by molar-refractivity contribution is 6.03. The number of hydrogen-bond acceptors (Lipinski definition) is 3. The van der Waals surface area contributed by atoms with Gasteiger partial charge in [0.25, 0.3) is 5.69 Å². The van der Waals surface area contributed by atoms with E-state index in [2.05, 4.69) is 15.4 Å². The highest BCUT2D eigenvalue weighted by Gasteiger charge is 2.35. The number of carbonyl (C=O) groups is 2. The van der Waals surface area contributed by atoms with E-state index in [1.54, 1.807) is 9.80 Å². The van der Waals surface area contributed by atoms with Gasteiger partial charge in [0, 0.05) is 26.2 Å². The number of carbonyl (C=O) groups excluding carboxylic acids is 2. The summed E-state index contributed by atoms with van der Waals surface area (Å²) in [7, 11) is 0. The maximum Gasteiger partial charge on any atom is 0.318 e. The van der Waals surface area contributed by atoms with Crippen LogP contribution >= 0.6 is 0 Å². The van der Waals surface area contributed by atoms with E-state index in [0.29, 0.717) is 5.69 Å². The Morgan fingerprint density at radius 2 is 1.38 bits per heavy atom. The number of nitrogens with zero attached hydrogens (tertiary/aromatic N) is 3. The molecule has 1 aromatic heterocycles. The molecule has 7 heteroatoms. The van der Waals surface area contributed by atoms with Gasteiger partial charge in [-0.15, -0.1) is 0 Å². The molecule has 2 N–H and O–H groups in total. The van der Waals surface area contributed by atoms with Crippen molar-refractivity contribution in [2.75, 3.05) is 26.2 Å². The number of aromatic nitrogens is 3. The van der Waals surface area contributed by atoms with Crippen molar-refractivity contribution in [2.24, 2.45) is 0 Å². The highest BCUT2D eigenvalue weighted by atomic mass is 16.2. The molecule has 0 saturated carbocycles. The minimum absolute atomic E-state index is 0.121.